The van der Waals surface area contributed by atoms with Crippen molar-refractivity contribution >= 4 is 0 Å². The van der Waals surface area contributed by atoms with Crippen molar-refractivity contribution in [1.29, 1.82) is 0 Å². The van der Waals surface area contributed by atoms with Crippen LogP contribution in [0.15, 0.2) is 24.3 Å². The topological polar surface area (TPSA) is 32.7 Å². The molecule has 0 saturated carbocycles. The van der Waals surface area contributed by atoms with E-state index in [4.69, 9.17) is 4.74 Å². The van der Waals surface area contributed by atoms with Crippen LogP contribution in [0.2, 0.25) is 0 Å². The molecule has 3 nitrogen and oxygen atoms in total. The summed E-state index contributed by atoms with van der Waals surface area (Å²) in [5.74, 6) is 0. The number of aliphatic hydroxyl groups is 1. The molecule has 0 amide bonds. The van der Waals surface area contributed by atoms with Gasteiger partial charge in [-0.25, -0.2) is 0 Å². The maximum atomic E-state index is 9.68. The van der Waals surface area contributed by atoms with Gasteiger partial charge in [-0.05, 0) is 52.6 Å². The number of unbranched alkanes of at least 4 members (excludes halogenated alkanes) is 9. The lowest BCUT2D eigenvalue weighted by Gasteiger charge is -2.15. The van der Waals surface area contributed by atoms with Crippen LogP contribution in [-0.2, 0) is 4.74 Å². The Bertz CT molecular complexity index is 326. The molecule has 0 aromatic rings. The third kappa shape index (κ3) is 21.4. The maximum Gasteiger partial charge on any atom is 0.0899 e. The molecule has 0 aliphatic rings. The lowest BCUT2D eigenvalue weighted by molar-refractivity contribution is 0.0229. The SMILES string of the molecule is CCCCCC=CCC=CCCCCCCCCOC[C@H](O)CN(C)C. The van der Waals surface area contributed by atoms with E-state index in [1.54, 1.807) is 0 Å². The Hall–Kier alpha value is -0.640. The van der Waals surface area contributed by atoms with Gasteiger partial charge in [-0.1, -0.05) is 69.8 Å². The second-order valence-corrected chi connectivity index (χ2v) is 7.58. The monoisotopic (exact) mass is 367 g/mol. The van der Waals surface area contributed by atoms with Crippen LogP contribution < -0.4 is 0 Å². The summed E-state index contributed by atoms with van der Waals surface area (Å²) < 4.78 is 5.52. The van der Waals surface area contributed by atoms with Gasteiger partial charge in [0.2, 0.25) is 0 Å². The number of aliphatic hydroxyl groups excluding tert-OH is 1. The Morgan fingerprint density at radius 3 is 2.00 bits per heavy atom. The van der Waals surface area contributed by atoms with E-state index in [0.717, 1.165) is 19.4 Å². The Labute approximate surface area is 163 Å². The van der Waals surface area contributed by atoms with Gasteiger partial charge >= 0.3 is 0 Å². The molecule has 0 aliphatic heterocycles. The van der Waals surface area contributed by atoms with Crippen LogP contribution in [0.5, 0.6) is 0 Å². The molecule has 0 heterocycles. The van der Waals surface area contributed by atoms with E-state index >= 15 is 0 Å². The first-order valence-electron chi connectivity index (χ1n) is 10.9. The van der Waals surface area contributed by atoms with Crippen molar-refractivity contribution in [2.24, 2.45) is 0 Å². The second-order valence-electron chi connectivity index (χ2n) is 7.58. The third-order valence-corrected chi connectivity index (χ3v) is 4.38. The van der Waals surface area contributed by atoms with E-state index < -0.39 is 0 Å². The maximum absolute atomic E-state index is 9.68. The summed E-state index contributed by atoms with van der Waals surface area (Å²) in [7, 11) is 3.93. The van der Waals surface area contributed by atoms with Crippen LogP contribution in [0.4, 0.5) is 0 Å². The summed E-state index contributed by atoms with van der Waals surface area (Å²) >= 11 is 0. The minimum Gasteiger partial charge on any atom is -0.389 e. The zero-order valence-electron chi connectivity index (χ0n) is 17.8. The van der Waals surface area contributed by atoms with Crippen molar-refractivity contribution in [3.63, 3.8) is 0 Å². The largest absolute Gasteiger partial charge is 0.389 e. The number of ether oxygens (including phenoxy) is 1. The lowest BCUT2D eigenvalue weighted by Crippen LogP contribution is -2.29. The molecule has 0 unspecified atom stereocenters. The van der Waals surface area contributed by atoms with Crippen LogP contribution in [0.25, 0.3) is 0 Å². The van der Waals surface area contributed by atoms with Gasteiger partial charge in [0, 0.05) is 13.2 Å². The molecule has 154 valence electrons. The Kier molecular flexibility index (Phi) is 20.2. The van der Waals surface area contributed by atoms with E-state index in [-0.39, 0.29) is 6.10 Å². The smallest absolute Gasteiger partial charge is 0.0899 e. The minimum atomic E-state index is -0.366. The molecule has 1 atom stereocenters. The van der Waals surface area contributed by atoms with Crippen LogP contribution in [0.3, 0.4) is 0 Å². The average Bonchev–Trinajstić information content (AvgIpc) is 2.60. The van der Waals surface area contributed by atoms with Crippen molar-refractivity contribution < 1.29 is 9.84 Å². The summed E-state index contributed by atoms with van der Waals surface area (Å²) in [6.45, 7) is 4.16. The van der Waals surface area contributed by atoms with Crippen molar-refractivity contribution in [1.82, 2.24) is 4.90 Å². The number of hydrogen-bond acceptors (Lipinski definition) is 3. The fourth-order valence-corrected chi connectivity index (χ4v) is 2.89. The van der Waals surface area contributed by atoms with Crippen molar-refractivity contribution in [2.45, 2.75) is 90.1 Å². The molecule has 26 heavy (non-hydrogen) atoms. The van der Waals surface area contributed by atoms with Crippen molar-refractivity contribution in [3.05, 3.63) is 24.3 Å². The molecule has 0 saturated heterocycles. The molecule has 0 rings (SSSR count). The zero-order chi connectivity index (χ0) is 19.3. The quantitative estimate of drug-likeness (QED) is 0.233. The molecule has 0 aromatic heterocycles. The molecule has 0 aromatic carbocycles. The number of likely N-dealkylation sites (N-methyl/N-ethyl adjacent to an activating group) is 1. The van der Waals surface area contributed by atoms with E-state index in [9.17, 15) is 5.11 Å². The Balaban J connectivity index is 3.20. The molecular weight excluding hydrogens is 322 g/mol. The minimum absolute atomic E-state index is 0.366. The highest BCUT2D eigenvalue weighted by molar-refractivity contribution is 4.92. The van der Waals surface area contributed by atoms with E-state index in [1.165, 1.54) is 64.2 Å². The molecule has 3 heteroatoms. The van der Waals surface area contributed by atoms with Gasteiger partial charge in [0.1, 0.15) is 0 Å². The van der Waals surface area contributed by atoms with Crippen LogP contribution in [0.1, 0.15) is 84.0 Å². The molecule has 0 fully saturated rings. The summed E-state index contributed by atoms with van der Waals surface area (Å²) in [4.78, 5) is 1.98. The molecular formula is C23H45NO2. The van der Waals surface area contributed by atoms with Gasteiger partial charge in [0.25, 0.3) is 0 Å². The molecule has 0 bridgehead atoms. The number of nitrogens with zero attached hydrogens (tertiary/aromatic N) is 1. The molecule has 0 aliphatic carbocycles. The van der Waals surface area contributed by atoms with Crippen molar-refractivity contribution in [3.8, 4) is 0 Å². The van der Waals surface area contributed by atoms with Crippen LogP contribution in [-0.4, -0.2) is 50.0 Å². The lowest BCUT2D eigenvalue weighted by atomic mass is 10.1. The molecule has 0 radical (unpaired) electrons. The highest BCUT2D eigenvalue weighted by Crippen LogP contribution is 2.08. The first kappa shape index (κ1) is 25.4. The van der Waals surface area contributed by atoms with Gasteiger partial charge in [-0.3, -0.25) is 0 Å². The van der Waals surface area contributed by atoms with E-state index in [0.29, 0.717) is 13.2 Å². The first-order chi connectivity index (χ1) is 12.7. The van der Waals surface area contributed by atoms with Gasteiger partial charge < -0.3 is 14.7 Å². The normalized spacial score (nSPS) is 13.4. The van der Waals surface area contributed by atoms with Crippen molar-refractivity contribution in [2.75, 3.05) is 33.9 Å². The number of hydrogen-bond donors (Lipinski definition) is 1. The van der Waals surface area contributed by atoms with Gasteiger partial charge in [-0.2, -0.15) is 0 Å². The van der Waals surface area contributed by atoms with E-state index in [2.05, 4.69) is 31.2 Å². The van der Waals surface area contributed by atoms with Gasteiger partial charge in [-0.15, -0.1) is 0 Å². The average molecular weight is 368 g/mol. The highest BCUT2D eigenvalue weighted by atomic mass is 16.5. The third-order valence-electron chi connectivity index (χ3n) is 4.38. The van der Waals surface area contributed by atoms with Crippen LogP contribution >= 0.6 is 0 Å². The van der Waals surface area contributed by atoms with Gasteiger partial charge in [0.15, 0.2) is 0 Å². The number of rotatable bonds is 19. The summed E-state index contributed by atoms with van der Waals surface area (Å²) in [6.07, 6.45) is 24.1. The summed E-state index contributed by atoms with van der Waals surface area (Å²) in [6, 6.07) is 0. The highest BCUT2D eigenvalue weighted by Gasteiger charge is 2.04. The Morgan fingerprint density at radius 1 is 0.808 bits per heavy atom. The van der Waals surface area contributed by atoms with Gasteiger partial charge in [0.05, 0.1) is 12.7 Å². The first-order valence-corrected chi connectivity index (χ1v) is 10.9. The Morgan fingerprint density at radius 2 is 1.38 bits per heavy atom. The standard InChI is InChI=1S/C23H45NO2/c1-4-5-6-7-8-9-10-11-12-13-14-15-16-17-18-19-20-26-22-23(25)21-24(2)3/h8-9,11-12,23,25H,4-7,10,13-22H2,1-3H3/t23-/m1/s1. The predicted octanol–water partition coefficient (Wildman–Crippen LogP) is 5.74. The fourth-order valence-electron chi connectivity index (χ4n) is 2.89. The van der Waals surface area contributed by atoms with Crippen LogP contribution in [0, 0.1) is 0 Å². The second kappa shape index (κ2) is 20.7. The summed E-state index contributed by atoms with van der Waals surface area (Å²) in [5.41, 5.74) is 0. The molecule has 1 N–H and O–H groups in total. The fraction of sp³-hybridized carbons (Fsp3) is 0.826. The zero-order valence-corrected chi connectivity index (χ0v) is 17.8. The predicted molar refractivity (Wildman–Crippen MR) is 115 cm³/mol. The number of allylic oxidation sites excluding steroid dienone is 4. The van der Waals surface area contributed by atoms with E-state index in [1.807, 2.05) is 19.0 Å². The molecule has 0 spiro atoms. The summed E-state index contributed by atoms with van der Waals surface area (Å²) in [5, 5.41) is 9.68.